The zero-order chi connectivity index (χ0) is 12.6. The van der Waals surface area contributed by atoms with E-state index in [4.69, 9.17) is 0 Å². The molecule has 0 aromatic rings. The molecule has 6 fully saturated rings. The second-order valence-electron chi connectivity index (χ2n) is 9.85. The van der Waals surface area contributed by atoms with Gasteiger partial charge in [0.05, 0.1) is 0 Å². The Hall–Kier alpha value is -0.260. The predicted molar refractivity (Wildman–Crippen MR) is 78.8 cm³/mol. The second kappa shape index (κ2) is 2.95. The first kappa shape index (κ1) is 10.5. The van der Waals surface area contributed by atoms with Gasteiger partial charge in [-0.15, -0.1) is 0 Å². The number of hydrogen-bond acceptors (Lipinski definition) is 0. The lowest BCUT2D eigenvalue weighted by molar-refractivity contribution is 0.00107. The molecule has 4 bridgehead atoms. The Morgan fingerprint density at radius 3 is 2.70 bits per heavy atom. The van der Waals surface area contributed by atoms with Gasteiger partial charge in [0, 0.05) is 0 Å². The van der Waals surface area contributed by atoms with Crippen molar-refractivity contribution in [3.8, 4) is 0 Å². The molecule has 6 saturated carbocycles. The van der Waals surface area contributed by atoms with Crippen molar-refractivity contribution in [2.24, 2.45) is 64.6 Å². The van der Waals surface area contributed by atoms with Crippen LogP contribution in [0.1, 0.15) is 44.9 Å². The molecule has 11 atom stereocenters. The van der Waals surface area contributed by atoms with Crippen molar-refractivity contribution < 1.29 is 0 Å². The van der Waals surface area contributed by atoms with E-state index in [1.807, 2.05) is 0 Å². The van der Waals surface area contributed by atoms with Gasteiger partial charge in [0.2, 0.25) is 0 Å². The molecular formula is C20H26. The Balaban J connectivity index is 1.39. The van der Waals surface area contributed by atoms with Gasteiger partial charge in [-0.3, -0.25) is 0 Å². The van der Waals surface area contributed by atoms with E-state index in [0.29, 0.717) is 0 Å². The van der Waals surface area contributed by atoms with Crippen LogP contribution in [0.5, 0.6) is 0 Å². The maximum Gasteiger partial charge on any atom is -0.0194 e. The van der Waals surface area contributed by atoms with Gasteiger partial charge >= 0.3 is 0 Å². The highest BCUT2D eigenvalue weighted by Gasteiger charge is 2.74. The van der Waals surface area contributed by atoms with Gasteiger partial charge in [0.15, 0.2) is 0 Å². The average Bonchev–Trinajstić information content (AvgIpc) is 3.20. The Labute approximate surface area is 122 Å². The SMILES string of the molecule is C1=CC2CC1C1CCC34CC5CC6CC5C3C6CC4C21. The zero-order valence-corrected chi connectivity index (χ0v) is 12.4. The smallest absolute Gasteiger partial charge is 0.0194 e. The predicted octanol–water partition coefficient (Wildman–Crippen LogP) is 4.52. The van der Waals surface area contributed by atoms with Gasteiger partial charge in [-0.2, -0.15) is 0 Å². The van der Waals surface area contributed by atoms with Crippen LogP contribution in [0.4, 0.5) is 0 Å². The quantitative estimate of drug-likeness (QED) is 0.566. The first-order valence-corrected chi connectivity index (χ1v) is 9.53. The van der Waals surface area contributed by atoms with Crippen LogP contribution < -0.4 is 0 Å². The first-order chi connectivity index (χ1) is 9.85. The van der Waals surface area contributed by atoms with Crippen molar-refractivity contribution in [2.45, 2.75) is 44.9 Å². The van der Waals surface area contributed by atoms with Crippen molar-refractivity contribution in [2.75, 3.05) is 0 Å². The van der Waals surface area contributed by atoms with Gasteiger partial charge in [0.1, 0.15) is 0 Å². The molecule has 0 nitrogen and oxygen atoms in total. The first-order valence-electron chi connectivity index (χ1n) is 9.53. The standard InChI is InChI=1S/C20H26/c1-2-11-5-10(1)14-3-4-20-9-13-6-12-7-15(13)19(20)16(12)8-17(20)18(11)14/h1-2,10-19H,3-9H2. The summed E-state index contributed by atoms with van der Waals surface area (Å²) in [6.45, 7) is 0. The lowest BCUT2D eigenvalue weighted by Crippen LogP contribution is -2.43. The number of rotatable bonds is 0. The molecule has 20 heavy (non-hydrogen) atoms. The van der Waals surface area contributed by atoms with E-state index in [2.05, 4.69) is 12.2 Å². The summed E-state index contributed by atoms with van der Waals surface area (Å²) >= 11 is 0. The molecule has 1 spiro atoms. The molecule has 0 aliphatic heterocycles. The molecule has 0 heterocycles. The van der Waals surface area contributed by atoms with Crippen LogP contribution in [0.25, 0.3) is 0 Å². The fraction of sp³-hybridized carbons (Fsp3) is 0.900. The van der Waals surface area contributed by atoms with Gasteiger partial charge in [-0.05, 0) is 110 Å². The molecule has 0 aromatic carbocycles. The van der Waals surface area contributed by atoms with Crippen LogP contribution in [-0.2, 0) is 0 Å². The molecule has 0 heteroatoms. The number of fused-ring (bicyclic) bond motifs is 8. The molecule has 0 aromatic heterocycles. The van der Waals surface area contributed by atoms with Crippen LogP contribution in [0, 0.1) is 64.6 Å². The summed E-state index contributed by atoms with van der Waals surface area (Å²) in [5.74, 6) is 11.5. The Bertz CT molecular complexity index is 530. The third-order valence-electron chi connectivity index (χ3n) is 9.98. The Morgan fingerprint density at radius 1 is 0.800 bits per heavy atom. The summed E-state index contributed by atoms with van der Waals surface area (Å²) < 4.78 is 0. The lowest BCUT2D eigenvalue weighted by Gasteiger charge is -2.49. The monoisotopic (exact) mass is 266 g/mol. The zero-order valence-electron chi connectivity index (χ0n) is 12.4. The van der Waals surface area contributed by atoms with E-state index >= 15 is 0 Å². The second-order valence-corrected chi connectivity index (χ2v) is 9.85. The van der Waals surface area contributed by atoms with Gasteiger partial charge in [-0.25, -0.2) is 0 Å². The van der Waals surface area contributed by atoms with Crippen molar-refractivity contribution in [3.63, 3.8) is 0 Å². The fourth-order valence-corrected chi connectivity index (χ4v) is 9.98. The van der Waals surface area contributed by atoms with Crippen molar-refractivity contribution in [1.29, 1.82) is 0 Å². The molecule has 106 valence electrons. The van der Waals surface area contributed by atoms with Crippen LogP contribution in [-0.4, -0.2) is 0 Å². The fourth-order valence-electron chi connectivity index (χ4n) is 9.98. The maximum atomic E-state index is 2.64. The molecule has 7 aliphatic rings. The number of hydrogen-bond donors (Lipinski definition) is 0. The lowest BCUT2D eigenvalue weighted by atomic mass is 9.55. The molecule has 0 N–H and O–H groups in total. The van der Waals surface area contributed by atoms with E-state index < -0.39 is 0 Å². The van der Waals surface area contributed by atoms with E-state index in [-0.39, 0.29) is 0 Å². The summed E-state index contributed by atoms with van der Waals surface area (Å²) in [6, 6.07) is 0. The minimum absolute atomic E-state index is 0.880. The molecule has 7 rings (SSSR count). The van der Waals surface area contributed by atoms with E-state index in [9.17, 15) is 0 Å². The average molecular weight is 266 g/mol. The third kappa shape index (κ3) is 0.867. The maximum absolute atomic E-state index is 2.64. The van der Waals surface area contributed by atoms with Crippen LogP contribution in [0.2, 0.25) is 0 Å². The highest BCUT2D eigenvalue weighted by atomic mass is 14.8. The summed E-state index contributed by atoms with van der Waals surface area (Å²) in [4.78, 5) is 0. The minimum atomic E-state index is 0.880. The molecular weight excluding hydrogens is 240 g/mol. The topological polar surface area (TPSA) is 0 Å². The van der Waals surface area contributed by atoms with Crippen LogP contribution in [0.3, 0.4) is 0 Å². The molecule has 11 unspecified atom stereocenters. The van der Waals surface area contributed by atoms with E-state index in [0.717, 1.165) is 29.1 Å². The van der Waals surface area contributed by atoms with Gasteiger partial charge < -0.3 is 0 Å². The summed E-state index contributed by atoms with van der Waals surface area (Å²) in [7, 11) is 0. The molecule has 7 aliphatic carbocycles. The van der Waals surface area contributed by atoms with E-state index in [1.54, 1.807) is 44.9 Å². The van der Waals surface area contributed by atoms with Gasteiger partial charge in [-0.1, -0.05) is 12.2 Å². The minimum Gasteiger partial charge on any atom is -0.0848 e. The van der Waals surface area contributed by atoms with Crippen molar-refractivity contribution in [3.05, 3.63) is 12.2 Å². The summed E-state index contributed by atoms with van der Waals surface area (Å²) in [5, 5.41) is 0. The number of allylic oxidation sites excluding steroid dienone is 2. The van der Waals surface area contributed by atoms with Crippen molar-refractivity contribution in [1.82, 2.24) is 0 Å². The third-order valence-corrected chi connectivity index (χ3v) is 9.98. The normalized spacial score (nSPS) is 73.6. The summed E-state index contributed by atoms with van der Waals surface area (Å²) in [5.41, 5.74) is 0.880. The molecule has 0 amide bonds. The Kier molecular flexibility index (Phi) is 1.54. The highest BCUT2D eigenvalue weighted by molar-refractivity contribution is 5.25. The Morgan fingerprint density at radius 2 is 1.70 bits per heavy atom. The molecule has 0 radical (unpaired) electrons. The molecule has 0 saturated heterocycles. The van der Waals surface area contributed by atoms with E-state index in [1.165, 1.54) is 35.5 Å². The highest BCUT2D eigenvalue weighted by Crippen LogP contribution is 2.81. The largest absolute Gasteiger partial charge is 0.0848 e. The van der Waals surface area contributed by atoms with Crippen LogP contribution in [0.15, 0.2) is 12.2 Å². The van der Waals surface area contributed by atoms with Crippen molar-refractivity contribution >= 4 is 0 Å². The summed E-state index contributed by atoms with van der Waals surface area (Å²) in [6.07, 6.45) is 16.7. The van der Waals surface area contributed by atoms with Gasteiger partial charge in [0.25, 0.3) is 0 Å². The van der Waals surface area contributed by atoms with Crippen LogP contribution >= 0.6 is 0 Å².